The summed E-state index contributed by atoms with van der Waals surface area (Å²) in [5.74, 6) is -0.275. The number of carbonyl (C=O) groups excluding carboxylic acids is 1. The SMILES string of the molecule is CC1(C)CC1C(=O)N(CC(=O)O)CC1CC1. The molecule has 1 amide bonds. The van der Waals surface area contributed by atoms with Gasteiger partial charge in [-0.15, -0.1) is 0 Å². The van der Waals surface area contributed by atoms with Gasteiger partial charge in [0.05, 0.1) is 0 Å². The van der Waals surface area contributed by atoms with E-state index in [0.29, 0.717) is 12.5 Å². The summed E-state index contributed by atoms with van der Waals surface area (Å²) in [6, 6.07) is 0. The fraction of sp³-hybridized carbons (Fsp3) is 0.833. The molecule has 2 fully saturated rings. The maximum absolute atomic E-state index is 12.1. The van der Waals surface area contributed by atoms with E-state index in [1.54, 1.807) is 4.90 Å². The maximum Gasteiger partial charge on any atom is 0.323 e. The van der Waals surface area contributed by atoms with Crippen LogP contribution in [0.2, 0.25) is 0 Å². The Bertz CT molecular complexity index is 320. The highest BCUT2D eigenvalue weighted by atomic mass is 16.4. The molecular weight excluding hydrogens is 206 g/mol. The minimum Gasteiger partial charge on any atom is -0.480 e. The highest BCUT2D eigenvalue weighted by Gasteiger charge is 2.52. The molecule has 0 spiro atoms. The minimum absolute atomic E-state index is 0.0410. The summed E-state index contributed by atoms with van der Waals surface area (Å²) in [6.07, 6.45) is 3.17. The number of hydrogen-bond acceptors (Lipinski definition) is 2. The molecule has 1 atom stereocenters. The molecule has 1 N–H and O–H groups in total. The molecule has 0 aromatic rings. The van der Waals surface area contributed by atoms with Crippen LogP contribution in [0.4, 0.5) is 0 Å². The highest BCUT2D eigenvalue weighted by molar-refractivity contribution is 5.85. The lowest BCUT2D eigenvalue weighted by atomic mass is 10.1. The van der Waals surface area contributed by atoms with Crippen LogP contribution in [0.5, 0.6) is 0 Å². The Morgan fingerprint density at radius 2 is 1.94 bits per heavy atom. The number of carboxylic acid groups (broad SMARTS) is 1. The normalized spacial score (nSPS) is 26.2. The molecule has 2 aliphatic rings. The van der Waals surface area contributed by atoms with Crippen molar-refractivity contribution in [2.45, 2.75) is 33.1 Å². The molecule has 1 unspecified atom stereocenters. The second-order valence-corrected chi connectivity index (χ2v) is 5.80. The molecule has 16 heavy (non-hydrogen) atoms. The lowest BCUT2D eigenvalue weighted by Gasteiger charge is -2.21. The van der Waals surface area contributed by atoms with Crippen molar-refractivity contribution in [1.29, 1.82) is 0 Å². The van der Waals surface area contributed by atoms with Crippen molar-refractivity contribution in [3.63, 3.8) is 0 Å². The second-order valence-electron chi connectivity index (χ2n) is 5.80. The fourth-order valence-electron chi connectivity index (χ4n) is 2.12. The van der Waals surface area contributed by atoms with Gasteiger partial charge in [0.1, 0.15) is 6.54 Å². The van der Waals surface area contributed by atoms with Gasteiger partial charge >= 0.3 is 5.97 Å². The lowest BCUT2D eigenvalue weighted by molar-refractivity contribution is -0.145. The smallest absolute Gasteiger partial charge is 0.323 e. The van der Waals surface area contributed by atoms with Gasteiger partial charge in [0.15, 0.2) is 0 Å². The van der Waals surface area contributed by atoms with Gasteiger partial charge in [0.2, 0.25) is 5.91 Å². The Hall–Kier alpha value is -1.06. The average Bonchev–Trinajstić information content (AvgIpc) is 3.02. The van der Waals surface area contributed by atoms with Crippen LogP contribution in [0.3, 0.4) is 0 Å². The molecule has 2 saturated carbocycles. The Kier molecular flexibility index (Phi) is 2.68. The molecule has 0 saturated heterocycles. The number of carbonyl (C=O) groups is 2. The zero-order chi connectivity index (χ0) is 11.9. The molecule has 90 valence electrons. The Labute approximate surface area is 95.6 Å². The quantitative estimate of drug-likeness (QED) is 0.768. The standard InChI is InChI=1S/C12H19NO3/c1-12(2)5-9(12)11(16)13(7-10(14)15)6-8-3-4-8/h8-9H,3-7H2,1-2H3,(H,14,15). The Morgan fingerprint density at radius 3 is 2.31 bits per heavy atom. The van der Waals surface area contributed by atoms with Crippen molar-refractivity contribution in [2.24, 2.45) is 17.3 Å². The average molecular weight is 225 g/mol. The van der Waals surface area contributed by atoms with E-state index in [1.165, 1.54) is 0 Å². The second kappa shape index (κ2) is 3.75. The summed E-state index contributed by atoms with van der Waals surface area (Å²) in [6.45, 7) is 4.62. The van der Waals surface area contributed by atoms with E-state index in [1.807, 2.05) is 0 Å². The van der Waals surface area contributed by atoms with Crippen molar-refractivity contribution >= 4 is 11.9 Å². The van der Waals surface area contributed by atoms with Gasteiger partial charge in [-0.3, -0.25) is 9.59 Å². The highest BCUT2D eigenvalue weighted by Crippen LogP contribution is 2.52. The first-order valence-electron chi connectivity index (χ1n) is 5.91. The minimum atomic E-state index is -0.910. The maximum atomic E-state index is 12.1. The molecular formula is C12H19NO3. The molecule has 4 heteroatoms. The Morgan fingerprint density at radius 1 is 1.38 bits per heavy atom. The van der Waals surface area contributed by atoms with Gasteiger partial charge in [0, 0.05) is 12.5 Å². The molecule has 0 aromatic carbocycles. The molecule has 2 rings (SSSR count). The van der Waals surface area contributed by atoms with Crippen molar-refractivity contribution in [1.82, 2.24) is 4.90 Å². The molecule has 0 bridgehead atoms. The van der Waals surface area contributed by atoms with Gasteiger partial charge in [-0.2, -0.15) is 0 Å². The van der Waals surface area contributed by atoms with Gasteiger partial charge < -0.3 is 10.0 Å². The van der Waals surface area contributed by atoms with E-state index in [9.17, 15) is 9.59 Å². The molecule has 0 aromatic heterocycles. The molecule has 0 radical (unpaired) electrons. The van der Waals surface area contributed by atoms with E-state index in [0.717, 1.165) is 19.3 Å². The lowest BCUT2D eigenvalue weighted by Crippen LogP contribution is -2.38. The molecule has 2 aliphatic carbocycles. The third-order valence-electron chi connectivity index (χ3n) is 3.62. The van der Waals surface area contributed by atoms with Crippen molar-refractivity contribution in [3.8, 4) is 0 Å². The van der Waals surface area contributed by atoms with Crippen LogP contribution < -0.4 is 0 Å². The van der Waals surface area contributed by atoms with Crippen LogP contribution in [0.1, 0.15) is 33.1 Å². The van der Waals surface area contributed by atoms with Crippen LogP contribution in [0.25, 0.3) is 0 Å². The van der Waals surface area contributed by atoms with Gasteiger partial charge in [0.25, 0.3) is 0 Å². The number of aliphatic carboxylic acids is 1. The summed E-state index contributed by atoms with van der Waals surface area (Å²) in [5.41, 5.74) is 0.0807. The third-order valence-corrected chi connectivity index (χ3v) is 3.62. The summed E-state index contributed by atoms with van der Waals surface area (Å²) in [7, 11) is 0. The summed E-state index contributed by atoms with van der Waals surface area (Å²) in [4.78, 5) is 24.4. The first kappa shape index (κ1) is 11.4. The van der Waals surface area contributed by atoms with Crippen LogP contribution in [-0.2, 0) is 9.59 Å². The van der Waals surface area contributed by atoms with Crippen molar-refractivity contribution in [2.75, 3.05) is 13.1 Å². The monoisotopic (exact) mass is 225 g/mol. The summed E-state index contributed by atoms with van der Waals surface area (Å²) in [5, 5.41) is 8.80. The third kappa shape index (κ3) is 2.54. The van der Waals surface area contributed by atoms with Crippen LogP contribution in [-0.4, -0.2) is 35.0 Å². The van der Waals surface area contributed by atoms with Gasteiger partial charge in [-0.25, -0.2) is 0 Å². The summed E-state index contributed by atoms with van der Waals surface area (Å²) < 4.78 is 0. The van der Waals surface area contributed by atoms with Gasteiger partial charge in [-0.05, 0) is 30.6 Å². The topological polar surface area (TPSA) is 57.6 Å². The molecule has 4 nitrogen and oxygen atoms in total. The molecule has 0 heterocycles. The number of carboxylic acids is 1. The predicted molar refractivity (Wildman–Crippen MR) is 58.8 cm³/mol. The summed E-state index contributed by atoms with van der Waals surface area (Å²) >= 11 is 0. The van der Waals surface area contributed by atoms with E-state index >= 15 is 0 Å². The number of rotatable bonds is 5. The zero-order valence-electron chi connectivity index (χ0n) is 9.90. The van der Waals surface area contributed by atoms with Gasteiger partial charge in [-0.1, -0.05) is 13.8 Å². The largest absolute Gasteiger partial charge is 0.480 e. The number of nitrogens with zero attached hydrogens (tertiary/aromatic N) is 1. The molecule has 0 aliphatic heterocycles. The van der Waals surface area contributed by atoms with Crippen molar-refractivity contribution in [3.05, 3.63) is 0 Å². The van der Waals surface area contributed by atoms with Crippen LogP contribution in [0, 0.1) is 17.3 Å². The van der Waals surface area contributed by atoms with Crippen molar-refractivity contribution < 1.29 is 14.7 Å². The van der Waals surface area contributed by atoms with E-state index < -0.39 is 5.97 Å². The van der Waals surface area contributed by atoms with E-state index in [-0.39, 0.29) is 23.8 Å². The van der Waals surface area contributed by atoms with E-state index in [4.69, 9.17) is 5.11 Å². The van der Waals surface area contributed by atoms with Crippen LogP contribution in [0.15, 0.2) is 0 Å². The first-order valence-corrected chi connectivity index (χ1v) is 5.91. The first-order chi connectivity index (χ1) is 7.40. The zero-order valence-corrected chi connectivity index (χ0v) is 9.90. The predicted octanol–water partition coefficient (Wildman–Crippen LogP) is 1.36. The van der Waals surface area contributed by atoms with E-state index in [2.05, 4.69) is 13.8 Å². The number of amides is 1. The number of hydrogen-bond donors (Lipinski definition) is 1. The van der Waals surface area contributed by atoms with Crippen LogP contribution >= 0.6 is 0 Å². The fourth-order valence-corrected chi connectivity index (χ4v) is 2.12. The Balaban J connectivity index is 1.94.